The van der Waals surface area contributed by atoms with E-state index in [2.05, 4.69) is 10.3 Å². The van der Waals surface area contributed by atoms with Gasteiger partial charge in [0, 0.05) is 22.6 Å². The predicted molar refractivity (Wildman–Crippen MR) is 111 cm³/mol. The number of carbonyl (C=O) groups excluding carboxylic acids is 1. The third-order valence-corrected chi connectivity index (χ3v) is 4.73. The Kier molecular flexibility index (Phi) is 6.29. The minimum atomic E-state index is -0.274. The zero-order chi connectivity index (χ0) is 19.9. The van der Waals surface area contributed by atoms with Gasteiger partial charge in [0.15, 0.2) is 5.13 Å². The van der Waals surface area contributed by atoms with Crippen LogP contribution in [0.3, 0.4) is 0 Å². The number of anilines is 1. The van der Waals surface area contributed by atoms with Crippen molar-refractivity contribution < 1.29 is 19.0 Å². The van der Waals surface area contributed by atoms with Gasteiger partial charge in [-0.1, -0.05) is 18.2 Å². The molecular weight excluding hydrogens is 376 g/mol. The molecule has 0 aliphatic heterocycles. The summed E-state index contributed by atoms with van der Waals surface area (Å²) in [6, 6.07) is 13.0. The zero-order valence-corrected chi connectivity index (χ0v) is 16.6. The summed E-state index contributed by atoms with van der Waals surface area (Å²) in [5, 5.41) is 5.13. The maximum Gasteiger partial charge on any atom is 0.250 e. The van der Waals surface area contributed by atoms with E-state index in [4.69, 9.17) is 14.2 Å². The highest BCUT2D eigenvalue weighted by Crippen LogP contribution is 2.35. The van der Waals surface area contributed by atoms with Crippen molar-refractivity contribution in [1.29, 1.82) is 0 Å². The molecule has 0 saturated heterocycles. The topological polar surface area (TPSA) is 69.7 Å². The minimum absolute atomic E-state index is 0.274. The fraction of sp³-hybridized carbons (Fsp3) is 0.143. The molecule has 0 aliphatic carbocycles. The van der Waals surface area contributed by atoms with Crippen LogP contribution >= 0.6 is 11.3 Å². The number of hydrogen-bond acceptors (Lipinski definition) is 6. The van der Waals surface area contributed by atoms with E-state index < -0.39 is 0 Å². The Labute approximate surface area is 167 Å². The van der Waals surface area contributed by atoms with Gasteiger partial charge in [0.25, 0.3) is 0 Å². The molecule has 0 fully saturated rings. The molecule has 0 bridgehead atoms. The van der Waals surface area contributed by atoms with Crippen molar-refractivity contribution in [3.8, 4) is 28.5 Å². The molecule has 1 heterocycles. The number of thiazole rings is 1. The van der Waals surface area contributed by atoms with E-state index in [9.17, 15) is 4.79 Å². The first-order chi connectivity index (χ1) is 13.6. The molecule has 0 spiro atoms. The summed E-state index contributed by atoms with van der Waals surface area (Å²) >= 11 is 1.34. The highest BCUT2D eigenvalue weighted by Gasteiger charge is 2.12. The molecule has 0 aliphatic rings. The van der Waals surface area contributed by atoms with E-state index in [1.54, 1.807) is 27.4 Å². The maximum atomic E-state index is 12.2. The summed E-state index contributed by atoms with van der Waals surface area (Å²) in [5.41, 5.74) is 2.31. The number of benzene rings is 2. The number of aromatic nitrogens is 1. The number of ether oxygens (including phenoxy) is 3. The van der Waals surface area contributed by atoms with Crippen molar-refractivity contribution in [2.45, 2.75) is 0 Å². The summed E-state index contributed by atoms with van der Waals surface area (Å²) in [6.07, 6.45) is 3.15. The maximum absolute atomic E-state index is 12.2. The first-order valence-corrected chi connectivity index (χ1v) is 9.32. The molecule has 28 heavy (non-hydrogen) atoms. The molecule has 1 N–H and O–H groups in total. The second kappa shape index (κ2) is 9.05. The van der Waals surface area contributed by atoms with Crippen molar-refractivity contribution in [1.82, 2.24) is 4.98 Å². The lowest BCUT2D eigenvalue weighted by Crippen LogP contribution is -2.07. The van der Waals surface area contributed by atoms with Crippen LogP contribution in [0.5, 0.6) is 17.2 Å². The normalized spacial score (nSPS) is 10.7. The molecule has 0 atom stereocenters. The van der Waals surface area contributed by atoms with Gasteiger partial charge in [-0.2, -0.15) is 0 Å². The third kappa shape index (κ3) is 4.50. The number of methoxy groups -OCH3 is 3. The number of rotatable bonds is 7. The quantitative estimate of drug-likeness (QED) is 0.596. The molecular formula is C21H20N2O4S. The number of para-hydroxylation sites is 1. The van der Waals surface area contributed by atoms with Crippen molar-refractivity contribution in [2.75, 3.05) is 26.6 Å². The van der Waals surface area contributed by atoms with Gasteiger partial charge in [0.2, 0.25) is 5.91 Å². The average molecular weight is 396 g/mol. The van der Waals surface area contributed by atoms with Gasteiger partial charge in [-0.3, -0.25) is 10.1 Å². The molecule has 2 aromatic carbocycles. The van der Waals surface area contributed by atoms with Crippen LogP contribution in [0.1, 0.15) is 5.56 Å². The summed E-state index contributed by atoms with van der Waals surface area (Å²) in [5.74, 6) is 1.81. The van der Waals surface area contributed by atoms with Crippen molar-refractivity contribution in [2.24, 2.45) is 0 Å². The van der Waals surface area contributed by atoms with Gasteiger partial charge in [-0.05, 0) is 30.3 Å². The van der Waals surface area contributed by atoms with E-state index in [0.717, 1.165) is 11.1 Å². The van der Waals surface area contributed by atoms with Crippen molar-refractivity contribution in [3.05, 3.63) is 59.5 Å². The molecule has 1 amide bonds. The van der Waals surface area contributed by atoms with Gasteiger partial charge >= 0.3 is 0 Å². The number of nitrogens with zero attached hydrogens (tertiary/aromatic N) is 1. The zero-order valence-electron chi connectivity index (χ0n) is 15.8. The predicted octanol–water partition coefficient (Wildman–Crippen LogP) is 4.49. The second-order valence-corrected chi connectivity index (χ2v) is 6.53. The van der Waals surface area contributed by atoms with E-state index in [1.165, 1.54) is 17.4 Å². The van der Waals surface area contributed by atoms with Crippen LogP contribution in [0.15, 0.2) is 53.9 Å². The number of amides is 1. The lowest BCUT2D eigenvalue weighted by Gasteiger charge is -2.08. The fourth-order valence-electron chi connectivity index (χ4n) is 2.59. The Morgan fingerprint density at radius 2 is 1.82 bits per heavy atom. The van der Waals surface area contributed by atoms with Crippen LogP contribution < -0.4 is 19.5 Å². The molecule has 6 nitrogen and oxygen atoms in total. The molecule has 1 aromatic heterocycles. The molecule has 7 heteroatoms. The fourth-order valence-corrected chi connectivity index (χ4v) is 3.30. The van der Waals surface area contributed by atoms with Crippen LogP contribution in [-0.2, 0) is 4.79 Å². The lowest BCUT2D eigenvalue weighted by molar-refractivity contribution is -0.111. The highest BCUT2D eigenvalue weighted by molar-refractivity contribution is 7.14. The third-order valence-electron chi connectivity index (χ3n) is 3.97. The van der Waals surface area contributed by atoms with E-state index in [1.807, 2.05) is 47.8 Å². The second-order valence-electron chi connectivity index (χ2n) is 5.67. The van der Waals surface area contributed by atoms with Crippen LogP contribution in [-0.4, -0.2) is 32.2 Å². The molecule has 144 valence electrons. The van der Waals surface area contributed by atoms with E-state index >= 15 is 0 Å². The molecule has 0 radical (unpaired) electrons. The van der Waals surface area contributed by atoms with E-state index in [0.29, 0.717) is 28.1 Å². The van der Waals surface area contributed by atoms with Crippen molar-refractivity contribution >= 4 is 28.5 Å². The van der Waals surface area contributed by atoms with Crippen LogP contribution in [0, 0.1) is 0 Å². The SMILES string of the molecule is COc1ccc(OC)c(-c2csc(NC(=O)C=Cc3ccccc3OC)n2)c1. The molecule has 3 rings (SSSR count). The number of carbonyl (C=O) groups is 1. The Morgan fingerprint density at radius 3 is 2.57 bits per heavy atom. The summed E-state index contributed by atoms with van der Waals surface area (Å²) in [7, 11) is 4.80. The van der Waals surface area contributed by atoms with Crippen molar-refractivity contribution in [3.63, 3.8) is 0 Å². The largest absolute Gasteiger partial charge is 0.497 e. The highest BCUT2D eigenvalue weighted by atomic mass is 32.1. The van der Waals surface area contributed by atoms with Gasteiger partial charge in [0.05, 0.1) is 27.0 Å². The summed E-state index contributed by atoms with van der Waals surface area (Å²) in [4.78, 5) is 16.7. The standard InChI is InChI=1S/C21H20N2O4S/c1-25-15-9-10-19(27-3)16(12-15)17-13-28-21(22-17)23-20(24)11-8-14-6-4-5-7-18(14)26-2/h4-13H,1-3H3,(H,22,23,24). The van der Waals surface area contributed by atoms with Gasteiger partial charge in [0.1, 0.15) is 17.2 Å². The Morgan fingerprint density at radius 1 is 1.04 bits per heavy atom. The summed E-state index contributed by atoms with van der Waals surface area (Å²) in [6.45, 7) is 0. The molecule has 0 unspecified atom stereocenters. The monoisotopic (exact) mass is 396 g/mol. The Bertz CT molecular complexity index is 998. The summed E-state index contributed by atoms with van der Waals surface area (Å²) < 4.78 is 15.9. The smallest absolute Gasteiger partial charge is 0.250 e. The first kappa shape index (κ1) is 19.4. The van der Waals surface area contributed by atoms with E-state index in [-0.39, 0.29) is 5.91 Å². The first-order valence-electron chi connectivity index (χ1n) is 8.44. The van der Waals surface area contributed by atoms with Gasteiger partial charge < -0.3 is 14.2 Å². The number of nitrogens with one attached hydrogen (secondary N) is 1. The van der Waals surface area contributed by atoms with Crippen LogP contribution in [0.4, 0.5) is 5.13 Å². The van der Waals surface area contributed by atoms with Gasteiger partial charge in [-0.15, -0.1) is 11.3 Å². The van der Waals surface area contributed by atoms with Crippen LogP contribution in [0.25, 0.3) is 17.3 Å². The molecule has 3 aromatic rings. The number of hydrogen-bond donors (Lipinski definition) is 1. The van der Waals surface area contributed by atoms with Gasteiger partial charge in [-0.25, -0.2) is 4.98 Å². The Balaban J connectivity index is 1.74. The lowest BCUT2D eigenvalue weighted by atomic mass is 10.1. The minimum Gasteiger partial charge on any atom is -0.497 e. The van der Waals surface area contributed by atoms with Crippen LogP contribution in [0.2, 0.25) is 0 Å². The Hall–Kier alpha value is -3.32. The molecule has 0 saturated carbocycles. The average Bonchev–Trinajstić information content (AvgIpc) is 3.20.